The molecule has 0 aliphatic carbocycles. The summed E-state index contributed by atoms with van der Waals surface area (Å²) in [6.45, 7) is 0. The maximum atomic E-state index is 11.5. The first kappa shape index (κ1) is 9.28. The maximum absolute atomic E-state index is 11.5. The summed E-state index contributed by atoms with van der Waals surface area (Å²) in [5.74, 6) is 0.418. The van der Waals surface area contributed by atoms with E-state index in [-0.39, 0.29) is 5.43 Å². The Kier molecular flexibility index (Phi) is 2.14. The molecule has 15 heavy (non-hydrogen) atoms. The Morgan fingerprint density at radius 1 is 1.47 bits per heavy atom. The first-order chi connectivity index (χ1) is 7.26. The fourth-order valence-corrected chi connectivity index (χ4v) is 1.46. The minimum atomic E-state index is -0.0912. The average Bonchev–Trinajstić information content (AvgIpc) is 2.28. The molecule has 1 heterocycles. The molecule has 0 saturated heterocycles. The molecule has 0 radical (unpaired) electrons. The lowest BCUT2D eigenvalue weighted by molar-refractivity contribution is 0.414. The van der Waals surface area contributed by atoms with Gasteiger partial charge >= 0.3 is 0 Å². The van der Waals surface area contributed by atoms with E-state index >= 15 is 0 Å². The summed E-state index contributed by atoms with van der Waals surface area (Å²) >= 11 is 0. The lowest BCUT2D eigenvalue weighted by atomic mass is 10.1. The van der Waals surface area contributed by atoms with Gasteiger partial charge in [0.15, 0.2) is 5.43 Å². The zero-order valence-electron chi connectivity index (χ0n) is 8.07. The molecule has 1 N–H and O–H groups in total. The molecule has 0 atom stereocenters. The van der Waals surface area contributed by atoms with Gasteiger partial charge in [0.2, 0.25) is 0 Å². The number of nitrogens with zero attached hydrogens (tertiary/aromatic N) is 1. The van der Waals surface area contributed by atoms with Crippen molar-refractivity contribution in [1.82, 2.24) is 4.98 Å². The number of aromatic nitrogens is 1. The van der Waals surface area contributed by atoms with Crippen molar-refractivity contribution in [3.05, 3.63) is 40.2 Å². The van der Waals surface area contributed by atoms with Gasteiger partial charge in [-0.15, -0.1) is 0 Å². The number of hydrogen-bond donors (Lipinski definition) is 1. The number of aromatic amines is 1. The van der Waals surface area contributed by atoms with Crippen LogP contribution < -0.4 is 10.2 Å². The van der Waals surface area contributed by atoms with E-state index in [1.165, 1.54) is 13.2 Å². The van der Waals surface area contributed by atoms with Gasteiger partial charge in [0.25, 0.3) is 0 Å². The molecule has 0 spiro atoms. The van der Waals surface area contributed by atoms with E-state index in [1.807, 2.05) is 6.07 Å². The van der Waals surface area contributed by atoms with Crippen molar-refractivity contribution in [3.8, 4) is 11.8 Å². The number of hydrogen-bond acceptors (Lipinski definition) is 3. The Hall–Kier alpha value is -2.28. The Balaban J connectivity index is 2.89. The molecule has 1 aromatic carbocycles. The molecular formula is C11H8N2O2. The Bertz CT molecular complexity index is 608. The molecule has 74 valence electrons. The fourth-order valence-electron chi connectivity index (χ4n) is 1.46. The zero-order chi connectivity index (χ0) is 10.8. The highest BCUT2D eigenvalue weighted by molar-refractivity contribution is 5.82. The topological polar surface area (TPSA) is 65.9 Å². The van der Waals surface area contributed by atoms with Crippen molar-refractivity contribution in [1.29, 1.82) is 5.26 Å². The summed E-state index contributed by atoms with van der Waals surface area (Å²) in [6.07, 6.45) is 1.55. The fraction of sp³-hybridized carbons (Fsp3) is 0.0909. The van der Waals surface area contributed by atoms with Crippen molar-refractivity contribution in [2.45, 2.75) is 0 Å². The van der Waals surface area contributed by atoms with E-state index in [9.17, 15) is 4.79 Å². The highest BCUT2D eigenvalue weighted by Gasteiger charge is 2.06. The normalized spacial score (nSPS) is 9.87. The molecule has 0 fully saturated rings. The third-order valence-corrected chi connectivity index (χ3v) is 2.20. The summed E-state index contributed by atoms with van der Waals surface area (Å²) in [5, 5.41) is 9.38. The Morgan fingerprint density at radius 3 is 2.93 bits per heavy atom. The number of pyridine rings is 1. The minimum absolute atomic E-state index is 0.0912. The number of nitrogens with one attached hydrogen (secondary N) is 1. The highest BCUT2D eigenvalue weighted by atomic mass is 16.5. The molecule has 4 heteroatoms. The SMILES string of the molecule is COc1cc2c(=O)cc[nH]c2cc1C#N. The summed E-state index contributed by atoms with van der Waals surface area (Å²) < 4.78 is 5.02. The number of ether oxygens (including phenoxy) is 1. The van der Waals surface area contributed by atoms with Crippen molar-refractivity contribution < 1.29 is 4.74 Å². The predicted molar refractivity (Wildman–Crippen MR) is 55.8 cm³/mol. The summed E-state index contributed by atoms with van der Waals surface area (Å²) in [6, 6.07) is 6.63. The Labute approximate surface area is 85.7 Å². The third kappa shape index (κ3) is 1.44. The summed E-state index contributed by atoms with van der Waals surface area (Å²) in [5.41, 5.74) is 0.957. The first-order valence-corrected chi connectivity index (χ1v) is 4.36. The molecule has 0 aliphatic rings. The van der Waals surface area contributed by atoms with Crippen molar-refractivity contribution in [2.75, 3.05) is 7.11 Å². The molecule has 0 unspecified atom stereocenters. The lowest BCUT2D eigenvalue weighted by Gasteiger charge is -2.04. The van der Waals surface area contributed by atoms with Crippen molar-refractivity contribution in [3.63, 3.8) is 0 Å². The van der Waals surface area contributed by atoms with E-state index in [4.69, 9.17) is 10.00 Å². The number of nitriles is 1. The number of H-pyrrole nitrogens is 1. The molecule has 2 aromatic rings. The average molecular weight is 200 g/mol. The van der Waals surface area contributed by atoms with Crippen LogP contribution in [0.15, 0.2) is 29.2 Å². The van der Waals surface area contributed by atoms with Gasteiger partial charge in [-0.1, -0.05) is 0 Å². The predicted octanol–water partition coefficient (Wildman–Crippen LogP) is 1.41. The highest BCUT2D eigenvalue weighted by Crippen LogP contribution is 2.21. The van der Waals surface area contributed by atoms with E-state index in [0.717, 1.165) is 0 Å². The second-order valence-corrected chi connectivity index (χ2v) is 3.05. The molecule has 0 saturated carbocycles. The second kappa shape index (κ2) is 3.46. The number of benzene rings is 1. The van der Waals surface area contributed by atoms with Crippen LogP contribution in [0.1, 0.15) is 5.56 Å². The van der Waals surface area contributed by atoms with Crippen molar-refractivity contribution in [2.24, 2.45) is 0 Å². The smallest absolute Gasteiger partial charge is 0.189 e. The Morgan fingerprint density at radius 2 is 2.27 bits per heavy atom. The molecule has 4 nitrogen and oxygen atoms in total. The van der Waals surface area contributed by atoms with E-state index in [1.54, 1.807) is 18.3 Å². The molecule has 0 bridgehead atoms. The third-order valence-electron chi connectivity index (χ3n) is 2.20. The second-order valence-electron chi connectivity index (χ2n) is 3.05. The van der Waals surface area contributed by atoms with Crippen LogP contribution in [0.4, 0.5) is 0 Å². The van der Waals surface area contributed by atoms with Gasteiger partial charge in [0, 0.05) is 17.6 Å². The monoisotopic (exact) mass is 200 g/mol. The van der Waals surface area contributed by atoms with Gasteiger partial charge in [-0.05, 0) is 12.1 Å². The van der Waals surface area contributed by atoms with Crippen LogP contribution in [0.2, 0.25) is 0 Å². The van der Waals surface area contributed by atoms with Crippen LogP contribution in [0.3, 0.4) is 0 Å². The number of fused-ring (bicyclic) bond motifs is 1. The van der Waals surface area contributed by atoms with Crippen LogP contribution in [0.5, 0.6) is 5.75 Å². The van der Waals surface area contributed by atoms with Gasteiger partial charge in [-0.2, -0.15) is 5.26 Å². The van der Waals surface area contributed by atoms with Crippen molar-refractivity contribution >= 4 is 10.9 Å². The summed E-state index contributed by atoms with van der Waals surface area (Å²) in [4.78, 5) is 14.4. The molecule has 0 amide bonds. The first-order valence-electron chi connectivity index (χ1n) is 4.36. The van der Waals surface area contributed by atoms with Gasteiger partial charge in [0.1, 0.15) is 11.8 Å². The zero-order valence-corrected chi connectivity index (χ0v) is 8.07. The lowest BCUT2D eigenvalue weighted by Crippen LogP contribution is -2.01. The molecular weight excluding hydrogens is 192 g/mol. The largest absolute Gasteiger partial charge is 0.495 e. The van der Waals surface area contributed by atoms with Crippen LogP contribution >= 0.6 is 0 Å². The van der Waals surface area contributed by atoms with Crippen LogP contribution in [0, 0.1) is 11.3 Å². The minimum Gasteiger partial charge on any atom is -0.495 e. The number of rotatable bonds is 1. The van der Waals surface area contributed by atoms with Gasteiger partial charge in [-0.3, -0.25) is 4.79 Å². The van der Waals surface area contributed by atoms with Gasteiger partial charge in [-0.25, -0.2) is 0 Å². The maximum Gasteiger partial charge on any atom is 0.189 e. The van der Waals surface area contributed by atoms with Gasteiger partial charge in [0.05, 0.1) is 18.2 Å². The van der Waals surface area contributed by atoms with Crippen LogP contribution in [-0.4, -0.2) is 12.1 Å². The quantitative estimate of drug-likeness (QED) is 0.756. The van der Waals surface area contributed by atoms with E-state index in [0.29, 0.717) is 22.2 Å². The van der Waals surface area contributed by atoms with E-state index in [2.05, 4.69) is 4.98 Å². The molecule has 1 aromatic heterocycles. The molecule has 2 rings (SSSR count). The van der Waals surface area contributed by atoms with Crippen LogP contribution in [0.25, 0.3) is 10.9 Å². The number of methoxy groups -OCH3 is 1. The van der Waals surface area contributed by atoms with E-state index < -0.39 is 0 Å². The standard InChI is InChI=1S/C11H8N2O2/c1-15-11-5-8-9(4-7(11)6-12)13-3-2-10(8)14/h2-5H,1H3,(H,13,14). The summed E-state index contributed by atoms with van der Waals surface area (Å²) in [7, 11) is 1.47. The van der Waals surface area contributed by atoms with Gasteiger partial charge < -0.3 is 9.72 Å². The van der Waals surface area contributed by atoms with Crippen LogP contribution in [-0.2, 0) is 0 Å². The molecule has 0 aliphatic heterocycles.